The average Bonchev–Trinajstić information content (AvgIpc) is 3.96. The fraction of sp³-hybridized carbons (Fsp3) is 0.151. The van der Waals surface area contributed by atoms with E-state index in [2.05, 4.69) is 41.2 Å². The number of nitriles is 2. The molecule has 9 aromatic rings. The number of aromatic nitrogens is 10. The topological polar surface area (TPSA) is 242 Å². The fourth-order valence-electron chi connectivity index (χ4n) is 7.42. The number of ether oxygens (including phenoxy) is 4. The Hall–Kier alpha value is -9.15. The van der Waals surface area contributed by atoms with Crippen molar-refractivity contribution in [2.45, 2.75) is 40.0 Å². The van der Waals surface area contributed by atoms with Crippen molar-refractivity contribution in [2.75, 3.05) is 14.2 Å². The largest absolute Gasteiger partial charge is 0.497 e. The predicted molar refractivity (Wildman–Crippen MR) is 283 cm³/mol. The number of hydrogen-bond acceptors (Lipinski definition) is 15. The van der Waals surface area contributed by atoms with Crippen LogP contribution in [-0.2, 0) is 26.2 Å². The molecule has 382 valence electrons. The minimum Gasteiger partial charge on any atom is -0.497 e. The molecule has 20 nitrogen and oxygen atoms in total. The second kappa shape index (κ2) is 23.8. The Morgan fingerprint density at radius 2 is 1.04 bits per heavy atom. The van der Waals surface area contributed by atoms with E-state index in [1.807, 2.05) is 36.4 Å². The van der Waals surface area contributed by atoms with Gasteiger partial charge in [0, 0.05) is 22.4 Å². The highest BCUT2D eigenvalue weighted by Gasteiger charge is 2.18. The summed E-state index contributed by atoms with van der Waals surface area (Å²) in [6.45, 7) is 3.75. The van der Waals surface area contributed by atoms with Crippen LogP contribution in [0.1, 0.15) is 45.0 Å². The van der Waals surface area contributed by atoms with Crippen molar-refractivity contribution in [3.63, 3.8) is 0 Å². The molecule has 0 aliphatic carbocycles. The summed E-state index contributed by atoms with van der Waals surface area (Å²) in [5.74, 6) is 1.85. The van der Waals surface area contributed by atoms with Crippen LogP contribution in [0.5, 0.6) is 34.5 Å². The first-order valence-electron chi connectivity index (χ1n) is 22.6. The maximum absolute atomic E-state index is 13.4. The third kappa shape index (κ3) is 12.8. The molecule has 4 aromatic carbocycles. The maximum atomic E-state index is 13.4. The van der Waals surface area contributed by atoms with E-state index < -0.39 is 11.1 Å². The van der Waals surface area contributed by atoms with Crippen molar-refractivity contribution in [3.05, 3.63) is 229 Å². The SMILES string of the molecule is COc1ccc(Cn2nc(Cn3cnc(C)c(Oc4cc(Cl)cc(C#N)c4)c3=O)cc(-n3cccn3)c2=O)cc1.COc1ccc(Cn2nc(Cn3cnc(C)c(Oc4cc(Cl)cc(C#N)c4)c3=O)cc(Br)c2=O)cc1. The first-order valence-corrected chi connectivity index (χ1v) is 24.2. The van der Waals surface area contributed by atoms with Crippen molar-refractivity contribution in [1.29, 1.82) is 10.5 Å². The lowest BCUT2D eigenvalue weighted by atomic mass is 10.2. The third-order valence-corrected chi connectivity index (χ3v) is 12.2. The van der Waals surface area contributed by atoms with Gasteiger partial charge in [0.05, 0.1) is 104 Å². The third-order valence-electron chi connectivity index (χ3n) is 11.2. The zero-order chi connectivity index (χ0) is 54.0. The molecule has 0 fully saturated rings. The number of aryl methyl sites for hydroxylation is 2. The quantitative estimate of drug-likeness (QED) is 0.0944. The smallest absolute Gasteiger partial charge is 0.296 e. The Balaban J connectivity index is 0.000000203. The molecule has 0 aliphatic heterocycles. The summed E-state index contributed by atoms with van der Waals surface area (Å²) in [6.07, 6.45) is 6.00. The summed E-state index contributed by atoms with van der Waals surface area (Å²) in [5.41, 5.74) is 2.59. The van der Waals surface area contributed by atoms with E-state index in [9.17, 15) is 24.4 Å². The van der Waals surface area contributed by atoms with E-state index >= 15 is 0 Å². The number of nitrogens with zero attached hydrogens (tertiary/aromatic N) is 12. The van der Waals surface area contributed by atoms with Gasteiger partial charge in [-0.2, -0.15) is 25.8 Å². The number of hydrogen-bond donors (Lipinski definition) is 0. The number of rotatable bonds is 15. The van der Waals surface area contributed by atoms with Gasteiger partial charge in [0.2, 0.25) is 11.5 Å². The van der Waals surface area contributed by atoms with E-state index in [4.69, 9.17) is 47.4 Å². The number of methoxy groups -OCH3 is 2. The molecule has 0 saturated heterocycles. The monoisotopic (exact) mass is 1120 g/mol. The molecule has 5 aromatic heterocycles. The summed E-state index contributed by atoms with van der Waals surface area (Å²) < 4.78 is 29.1. The first kappa shape index (κ1) is 53.2. The van der Waals surface area contributed by atoms with Crippen LogP contribution in [0.3, 0.4) is 0 Å². The minimum atomic E-state index is -0.471. The van der Waals surface area contributed by atoms with E-state index in [-0.39, 0.29) is 66.0 Å². The van der Waals surface area contributed by atoms with E-state index in [1.54, 1.807) is 82.9 Å². The molecule has 0 bridgehead atoms. The van der Waals surface area contributed by atoms with Crippen LogP contribution >= 0.6 is 39.1 Å². The summed E-state index contributed by atoms with van der Waals surface area (Å²) >= 11 is 15.4. The van der Waals surface area contributed by atoms with Gasteiger partial charge in [0.25, 0.3) is 22.2 Å². The van der Waals surface area contributed by atoms with Crippen LogP contribution < -0.4 is 41.2 Å². The Kier molecular flexibility index (Phi) is 16.7. The summed E-state index contributed by atoms with van der Waals surface area (Å²) in [5, 5.41) is 32.2. The zero-order valence-corrected chi connectivity index (χ0v) is 43.8. The molecule has 0 spiro atoms. The lowest BCUT2D eigenvalue weighted by molar-refractivity contribution is 0.414. The standard InChI is InChI=1S/C28H22ClN7O4.C25H19BrClN5O4/c1-18-26(40-24-11-20(14-30)10-21(29)12-24)28(38)34(17-31-18)16-22-13-25(35-9-3-8-32-35)27(37)36(33-22)15-19-4-6-23(39-2)7-5-19;1-15-23(36-21-8-17(11-28)7-18(27)9-21)25(34)31(14-29-15)13-19-10-22(26)24(33)32(30-19)12-16-3-5-20(35-2)6-4-16/h3-13,17H,15-16H2,1-2H3;3-10,14H,12-13H2,1-2H3. The van der Waals surface area contributed by atoms with Gasteiger partial charge in [-0.05, 0) is 120 Å². The summed E-state index contributed by atoms with van der Waals surface area (Å²) in [7, 11) is 3.16. The highest BCUT2D eigenvalue weighted by molar-refractivity contribution is 9.10. The predicted octanol–water partition coefficient (Wildman–Crippen LogP) is 8.01. The summed E-state index contributed by atoms with van der Waals surface area (Å²) in [4.78, 5) is 61.2. The van der Waals surface area contributed by atoms with Gasteiger partial charge >= 0.3 is 0 Å². The van der Waals surface area contributed by atoms with E-state index in [0.29, 0.717) is 59.9 Å². The van der Waals surface area contributed by atoms with Gasteiger partial charge in [-0.3, -0.25) is 28.3 Å². The maximum Gasteiger partial charge on any atom is 0.296 e. The fourth-order valence-corrected chi connectivity index (χ4v) is 8.34. The molecule has 0 radical (unpaired) electrons. The molecule has 23 heteroatoms. The van der Waals surface area contributed by atoms with Crippen molar-refractivity contribution in [3.8, 4) is 52.3 Å². The van der Waals surface area contributed by atoms with E-state index in [1.165, 1.54) is 72.2 Å². The molecule has 0 amide bonds. The molecule has 9 rings (SSSR count). The van der Waals surface area contributed by atoms with Crippen LogP contribution in [0.15, 0.2) is 152 Å². The number of benzene rings is 4. The van der Waals surface area contributed by atoms with Crippen LogP contribution in [-0.4, -0.2) is 62.7 Å². The molecular formula is C53H41BrCl2N12O8. The van der Waals surface area contributed by atoms with Crippen LogP contribution in [0.2, 0.25) is 10.0 Å². The lowest BCUT2D eigenvalue weighted by Crippen LogP contribution is -2.30. The zero-order valence-electron chi connectivity index (χ0n) is 40.7. The second-order valence-electron chi connectivity index (χ2n) is 16.5. The summed E-state index contributed by atoms with van der Waals surface area (Å²) in [6, 6.07) is 32.4. The highest BCUT2D eigenvalue weighted by atomic mass is 79.9. The molecule has 0 atom stereocenters. The van der Waals surface area contributed by atoms with Crippen molar-refractivity contribution in [1.82, 2.24) is 48.4 Å². The van der Waals surface area contributed by atoms with Gasteiger partial charge < -0.3 is 18.9 Å². The Bertz CT molecular complexity index is 3940. The molecule has 0 N–H and O–H groups in total. The second-order valence-corrected chi connectivity index (χ2v) is 18.3. The van der Waals surface area contributed by atoms with Gasteiger partial charge in [0.15, 0.2) is 0 Å². The lowest BCUT2D eigenvalue weighted by Gasteiger charge is -2.14. The molecular weight excluding hydrogens is 1080 g/mol. The van der Waals surface area contributed by atoms with Crippen LogP contribution in [0, 0.1) is 36.5 Å². The van der Waals surface area contributed by atoms with Crippen molar-refractivity contribution in [2.24, 2.45) is 0 Å². The highest BCUT2D eigenvalue weighted by Crippen LogP contribution is 2.27. The van der Waals surface area contributed by atoms with Crippen molar-refractivity contribution < 1.29 is 18.9 Å². The van der Waals surface area contributed by atoms with Gasteiger partial charge in [0.1, 0.15) is 28.7 Å². The van der Waals surface area contributed by atoms with Gasteiger partial charge in [-0.1, -0.05) is 47.5 Å². The number of halogens is 3. The Morgan fingerprint density at radius 1 is 0.579 bits per heavy atom. The molecule has 0 aliphatic rings. The Morgan fingerprint density at radius 3 is 1.47 bits per heavy atom. The van der Waals surface area contributed by atoms with Crippen LogP contribution in [0.25, 0.3) is 5.69 Å². The Labute approximate surface area is 450 Å². The van der Waals surface area contributed by atoms with E-state index in [0.717, 1.165) is 11.1 Å². The molecule has 0 saturated carbocycles. The molecule has 0 unspecified atom stereocenters. The first-order chi connectivity index (χ1) is 36.6. The van der Waals surface area contributed by atoms with Crippen LogP contribution in [0.4, 0.5) is 0 Å². The minimum absolute atomic E-state index is 0.00136. The van der Waals surface area contributed by atoms with Gasteiger partial charge in [-0.15, -0.1) is 0 Å². The normalized spacial score (nSPS) is 10.7. The molecule has 5 heterocycles. The van der Waals surface area contributed by atoms with Crippen molar-refractivity contribution >= 4 is 39.1 Å². The van der Waals surface area contributed by atoms with Gasteiger partial charge in [-0.25, -0.2) is 24.0 Å². The average molecular weight is 1120 g/mol. The molecule has 76 heavy (non-hydrogen) atoms.